The summed E-state index contributed by atoms with van der Waals surface area (Å²) >= 11 is 5.77. The molecule has 4 N–H and O–H groups in total. The molecule has 0 bridgehead atoms. The third-order valence-corrected chi connectivity index (χ3v) is 5.41. The monoisotopic (exact) mass is 492 g/mol. The Labute approximate surface area is 194 Å². The molecule has 0 saturated carbocycles. The minimum absolute atomic E-state index is 0.0111. The Morgan fingerprint density at radius 2 is 2.00 bits per heavy atom. The summed E-state index contributed by atoms with van der Waals surface area (Å²) in [6, 6.07) is 3.83. The Bertz CT molecular complexity index is 1410. The van der Waals surface area contributed by atoms with Crippen LogP contribution in [0.4, 0.5) is 18.9 Å². The van der Waals surface area contributed by atoms with E-state index in [1.54, 1.807) is 0 Å². The van der Waals surface area contributed by atoms with E-state index in [9.17, 15) is 27.9 Å². The lowest BCUT2D eigenvalue weighted by Gasteiger charge is -2.18. The Morgan fingerprint density at radius 3 is 2.71 bits per heavy atom. The largest absolute Gasteiger partial charge is 0.493 e. The van der Waals surface area contributed by atoms with Crippen LogP contribution in [0.2, 0.25) is 5.02 Å². The molecule has 1 aromatic heterocycles. The number of hydrogen-bond acceptors (Lipinski definition) is 5. The number of imidazole rings is 1. The number of fused-ring (bicyclic) bond motifs is 1. The molecule has 3 aromatic rings. The highest BCUT2D eigenvalue weighted by molar-refractivity contribution is 6.31. The van der Waals surface area contributed by atoms with Crippen LogP contribution in [0.3, 0.4) is 0 Å². The first-order chi connectivity index (χ1) is 16.2. The minimum Gasteiger partial charge on any atom is -0.493 e. The number of aliphatic hydroxyl groups is 1. The zero-order chi connectivity index (χ0) is 24.6. The fourth-order valence-corrected chi connectivity index (χ4v) is 3.70. The summed E-state index contributed by atoms with van der Waals surface area (Å²) in [7, 11) is 0. The van der Waals surface area contributed by atoms with Gasteiger partial charge in [0.25, 0.3) is 0 Å². The van der Waals surface area contributed by atoms with Crippen molar-refractivity contribution in [3.63, 3.8) is 0 Å². The van der Waals surface area contributed by atoms with Gasteiger partial charge in [0.05, 0.1) is 11.6 Å². The highest BCUT2D eigenvalue weighted by Crippen LogP contribution is 2.38. The van der Waals surface area contributed by atoms with Crippen molar-refractivity contribution in [2.45, 2.75) is 6.04 Å². The molecular formula is C22H16ClF3N4O4. The predicted molar refractivity (Wildman–Crippen MR) is 119 cm³/mol. The lowest BCUT2D eigenvalue weighted by atomic mass is 10.0. The number of allylic oxidation sites excluding steroid dienone is 1. The number of aliphatic imine (C=N–C) groups is 1. The lowest BCUT2D eigenvalue weighted by molar-refractivity contribution is -0.123. The fourth-order valence-electron chi connectivity index (χ4n) is 3.55. The summed E-state index contributed by atoms with van der Waals surface area (Å²) in [5.74, 6) is -4.71. The average molecular weight is 493 g/mol. The first kappa shape index (κ1) is 23.3. The van der Waals surface area contributed by atoms with Gasteiger partial charge in [-0.15, -0.1) is 0 Å². The van der Waals surface area contributed by atoms with E-state index in [1.807, 2.05) is 0 Å². The molecule has 1 atom stereocenters. The molecule has 1 amide bonds. The number of aromatic nitrogens is 2. The number of carbonyl (C=O) groups is 1. The SMILES string of the molecule is O=C(NCCO)C(c1ccc(F)c(F)c1)n1c(O)c(/C=C2\C=Nc3c2ccc(Cl)c3F)[nH]c1=O. The normalized spacial score (nSPS) is 14.4. The summed E-state index contributed by atoms with van der Waals surface area (Å²) in [4.78, 5) is 31.9. The van der Waals surface area contributed by atoms with Crippen LogP contribution in [-0.4, -0.2) is 45.0 Å². The van der Waals surface area contributed by atoms with Crippen molar-refractivity contribution in [1.29, 1.82) is 0 Å². The molecule has 0 radical (unpaired) electrons. The molecule has 0 aliphatic carbocycles. The van der Waals surface area contributed by atoms with Gasteiger partial charge < -0.3 is 20.5 Å². The Kier molecular flexibility index (Phi) is 6.31. The molecule has 0 spiro atoms. The Balaban J connectivity index is 1.81. The molecule has 12 heteroatoms. The predicted octanol–water partition coefficient (Wildman–Crippen LogP) is 2.91. The standard InChI is InChI=1S/C22H16ClF3N4O4/c23-13-3-2-12-11(9-28-18(12)17(13)26)8-16-21(33)30(22(34)29-16)19(20(32)27-5-6-31)10-1-4-14(24)15(25)7-10/h1-4,7-9,19,31,33H,5-6H2,(H,27,32)(H,29,34)/b11-8+. The van der Waals surface area contributed by atoms with E-state index < -0.39 is 47.6 Å². The molecule has 176 valence electrons. The van der Waals surface area contributed by atoms with E-state index in [4.69, 9.17) is 16.7 Å². The number of amides is 1. The topological polar surface area (TPSA) is 120 Å². The van der Waals surface area contributed by atoms with Gasteiger partial charge in [0.15, 0.2) is 17.5 Å². The Morgan fingerprint density at radius 1 is 1.24 bits per heavy atom. The van der Waals surface area contributed by atoms with Gasteiger partial charge >= 0.3 is 5.69 Å². The minimum atomic E-state index is -1.60. The first-order valence-corrected chi connectivity index (χ1v) is 10.2. The molecule has 2 aromatic carbocycles. The molecule has 4 rings (SSSR count). The van der Waals surface area contributed by atoms with Crippen LogP contribution >= 0.6 is 11.6 Å². The van der Waals surface area contributed by atoms with Crippen LogP contribution in [0.5, 0.6) is 5.88 Å². The molecule has 1 aliphatic rings. The number of H-pyrrole nitrogens is 1. The molecule has 1 unspecified atom stereocenters. The number of aromatic amines is 1. The summed E-state index contributed by atoms with van der Waals surface area (Å²) < 4.78 is 42.2. The number of benzene rings is 2. The smallest absolute Gasteiger partial charge is 0.329 e. The number of aliphatic hydroxyl groups excluding tert-OH is 1. The summed E-state index contributed by atoms with van der Waals surface area (Å²) in [6.07, 6.45) is 2.61. The zero-order valence-corrected chi connectivity index (χ0v) is 17.9. The maximum Gasteiger partial charge on any atom is 0.329 e. The van der Waals surface area contributed by atoms with Crippen molar-refractivity contribution < 1.29 is 28.2 Å². The van der Waals surface area contributed by atoms with Gasteiger partial charge in [0, 0.05) is 23.9 Å². The molecule has 1 aliphatic heterocycles. The van der Waals surface area contributed by atoms with Crippen molar-refractivity contribution >= 4 is 41.1 Å². The number of rotatable bonds is 6. The van der Waals surface area contributed by atoms with Crippen LogP contribution in [0, 0.1) is 17.5 Å². The van der Waals surface area contributed by atoms with Crippen LogP contribution in [-0.2, 0) is 4.79 Å². The van der Waals surface area contributed by atoms with E-state index in [0.717, 1.165) is 18.2 Å². The fraction of sp³-hybridized carbons (Fsp3) is 0.136. The van der Waals surface area contributed by atoms with E-state index in [2.05, 4.69) is 15.3 Å². The second kappa shape index (κ2) is 9.20. The third-order valence-electron chi connectivity index (χ3n) is 5.12. The van der Waals surface area contributed by atoms with Gasteiger partial charge in [-0.05, 0) is 29.8 Å². The maximum atomic E-state index is 14.2. The number of nitrogens with zero attached hydrogens (tertiary/aromatic N) is 2. The second-order valence-electron chi connectivity index (χ2n) is 7.24. The second-order valence-corrected chi connectivity index (χ2v) is 7.65. The van der Waals surface area contributed by atoms with Gasteiger partial charge in [0.1, 0.15) is 17.4 Å². The van der Waals surface area contributed by atoms with Crippen LogP contribution < -0.4 is 11.0 Å². The summed E-state index contributed by atoms with van der Waals surface area (Å²) in [6.45, 7) is -0.599. The van der Waals surface area contributed by atoms with Crippen molar-refractivity contribution in [3.05, 3.63) is 80.1 Å². The number of nitrogens with one attached hydrogen (secondary N) is 2. The molecule has 8 nitrogen and oxygen atoms in total. The van der Waals surface area contributed by atoms with Gasteiger partial charge in [-0.3, -0.25) is 9.79 Å². The maximum absolute atomic E-state index is 14.2. The van der Waals surface area contributed by atoms with E-state index >= 15 is 0 Å². The highest BCUT2D eigenvalue weighted by atomic mass is 35.5. The van der Waals surface area contributed by atoms with E-state index in [0.29, 0.717) is 15.7 Å². The quantitative estimate of drug-likeness (QED) is 0.423. The van der Waals surface area contributed by atoms with E-state index in [-0.39, 0.29) is 28.5 Å². The van der Waals surface area contributed by atoms with Crippen LogP contribution in [0.25, 0.3) is 11.6 Å². The van der Waals surface area contributed by atoms with E-state index in [1.165, 1.54) is 24.4 Å². The molecular weight excluding hydrogens is 477 g/mol. The van der Waals surface area contributed by atoms with Crippen LogP contribution in [0.1, 0.15) is 22.9 Å². The number of aromatic hydroxyl groups is 1. The van der Waals surface area contributed by atoms with Gasteiger partial charge in [-0.2, -0.15) is 0 Å². The number of halogens is 4. The van der Waals surface area contributed by atoms with Gasteiger partial charge in [-0.1, -0.05) is 23.7 Å². The number of carbonyl (C=O) groups excluding carboxylic acids is 1. The van der Waals surface area contributed by atoms with Crippen molar-refractivity contribution in [2.75, 3.05) is 13.2 Å². The molecule has 2 heterocycles. The third kappa shape index (κ3) is 4.11. The van der Waals surface area contributed by atoms with Gasteiger partial charge in [-0.25, -0.2) is 22.5 Å². The lowest BCUT2D eigenvalue weighted by Crippen LogP contribution is -2.38. The first-order valence-electron chi connectivity index (χ1n) is 9.84. The Hall–Kier alpha value is -3.83. The zero-order valence-electron chi connectivity index (χ0n) is 17.2. The van der Waals surface area contributed by atoms with Crippen molar-refractivity contribution in [1.82, 2.24) is 14.9 Å². The highest BCUT2D eigenvalue weighted by Gasteiger charge is 2.29. The molecule has 0 fully saturated rings. The van der Waals surface area contributed by atoms with Crippen molar-refractivity contribution in [2.24, 2.45) is 4.99 Å². The average Bonchev–Trinajstić information content (AvgIpc) is 3.33. The summed E-state index contributed by atoms with van der Waals surface area (Å²) in [5.41, 5.74) is -0.526. The summed E-state index contributed by atoms with van der Waals surface area (Å²) in [5, 5.41) is 22.0. The molecule has 34 heavy (non-hydrogen) atoms. The van der Waals surface area contributed by atoms with Crippen LogP contribution in [0.15, 0.2) is 40.1 Å². The van der Waals surface area contributed by atoms with Crippen molar-refractivity contribution in [3.8, 4) is 5.88 Å². The number of hydrogen-bond donors (Lipinski definition) is 4. The van der Waals surface area contributed by atoms with Gasteiger partial charge in [0.2, 0.25) is 11.8 Å². The molecule has 0 saturated heterocycles.